The van der Waals surface area contributed by atoms with Crippen molar-refractivity contribution in [3.63, 3.8) is 0 Å². The molecule has 0 aliphatic carbocycles. The number of benzene rings is 2. The van der Waals surface area contributed by atoms with Gasteiger partial charge in [-0.15, -0.1) is 5.10 Å². The number of hydrogen-bond acceptors (Lipinski definition) is 5. The van der Waals surface area contributed by atoms with Gasteiger partial charge in [-0.1, -0.05) is 23.4 Å². The molecule has 8 heteroatoms. The number of hydrogen-bond donors (Lipinski definition) is 0. The highest BCUT2D eigenvalue weighted by atomic mass is 16.5. The number of aromatic nitrogens is 3. The lowest BCUT2D eigenvalue weighted by Gasteiger charge is -2.38. The maximum Gasteiger partial charge on any atom is 0.254 e. The molecule has 2 saturated heterocycles. The van der Waals surface area contributed by atoms with Gasteiger partial charge in [0.15, 0.2) is 0 Å². The van der Waals surface area contributed by atoms with Crippen molar-refractivity contribution in [2.45, 2.75) is 25.4 Å². The predicted octanol–water partition coefficient (Wildman–Crippen LogP) is 2.89. The molecule has 0 N–H and O–H groups in total. The van der Waals surface area contributed by atoms with E-state index >= 15 is 0 Å². The minimum atomic E-state index is -0.00878. The van der Waals surface area contributed by atoms with Crippen LogP contribution in [0.5, 0.6) is 11.5 Å². The minimum Gasteiger partial charge on any atom is -0.457 e. The van der Waals surface area contributed by atoms with Crippen LogP contribution < -0.4 is 4.74 Å². The maximum atomic E-state index is 12.7. The fourth-order valence-electron chi connectivity index (χ4n) is 3.89. The van der Waals surface area contributed by atoms with Gasteiger partial charge in [-0.05, 0) is 42.8 Å². The summed E-state index contributed by atoms with van der Waals surface area (Å²) in [6.45, 7) is 2.47. The van der Waals surface area contributed by atoms with Crippen LogP contribution in [0.15, 0.2) is 60.8 Å². The van der Waals surface area contributed by atoms with Crippen LogP contribution in [0.4, 0.5) is 0 Å². The largest absolute Gasteiger partial charge is 0.457 e. The van der Waals surface area contributed by atoms with E-state index in [1.807, 2.05) is 41.4 Å². The molecule has 31 heavy (non-hydrogen) atoms. The van der Waals surface area contributed by atoms with Gasteiger partial charge in [0, 0.05) is 31.6 Å². The molecule has 0 radical (unpaired) electrons. The van der Waals surface area contributed by atoms with E-state index < -0.39 is 0 Å². The summed E-state index contributed by atoms with van der Waals surface area (Å²) in [5.41, 5.74) is 1.42. The lowest BCUT2D eigenvalue weighted by atomic mass is 10.1. The smallest absolute Gasteiger partial charge is 0.254 e. The molecule has 0 spiro atoms. The lowest BCUT2D eigenvalue weighted by Crippen LogP contribution is -2.50. The molecule has 0 saturated carbocycles. The van der Waals surface area contributed by atoms with E-state index in [9.17, 15) is 9.59 Å². The Bertz CT molecular complexity index is 1070. The van der Waals surface area contributed by atoms with E-state index in [1.165, 1.54) is 0 Å². The number of para-hydroxylation sites is 1. The van der Waals surface area contributed by atoms with E-state index in [-0.39, 0.29) is 17.9 Å². The summed E-state index contributed by atoms with van der Waals surface area (Å²) in [7, 11) is 0. The lowest BCUT2D eigenvalue weighted by molar-refractivity contribution is -0.128. The summed E-state index contributed by atoms with van der Waals surface area (Å²) in [6.07, 6.45) is 3.41. The van der Waals surface area contributed by atoms with Crippen LogP contribution in [-0.4, -0.2) is 56.2 Å². The van der Waals surface area contributed by atoms with Crippen LogP contribution in [0.1, 0.15) is 34.9 Å². The van der Waals surface area contributed by atoms with Crippen molar-refractivity contribution < 1.29 is 14.3 Å². The predicted molar refractivity (Wildman–Crippen MR) is 113 cm³/mol. The van der Waals surface area contributed by atoms with Crippen molar-refractivity contribution in [2.75, 3.05) is 19.6 Å². The summed E-state index contributed by atoms with van der Waals surface area (Å²) < 4.78 is 7.58. The summed E-state index contributed by atoms with van der Waals surface area (Å²) in [5, 5.41) is 8.39. The van der Waals surface area contributed by atoms with Gasteiger partial charge in [-0.2, -0.15) is 0 Å². The molecule has 2 aliphatic heterocycles. The number of nitrogens with zero attached hydrogens (tertiary/aromatic N) is 5. The molecule has 2 aromatic carbocycles. The van der Waals surface area contributed by atoms with Crippen molar-refractivity contribution in [1.82, 2.24) is 24.8 Å². The van der Waals surface area contributed by atoms with Crippen LogP contribution in [0.2, 0.25) is 0 Å². The third-order valence-corrected chi connectivity index (χ3v) is 5.69. The number of likely N-dealkylation sites (tertiary alicyclic amines) is 2. The zero-order chi connectivity index (χ0) is 21.2. The minimum absolute atomic E-state index is 0.00878. The number of ether oxygens (including phenoxy) is 1. The highest BCUT2D eigenvalue weighted by Crippen LogP contribution is 2.25. The molecule has 3 heterocycles. The van der Waals surface area contributed by atoms with E-state index in [1.54, 1.807) is 33.8 Å². The molecule has 2 aliphatic rings. The maximum absolute atomic E-state index is 12.7. The zero-order valence-electron chi connectivity index (χ0n) is 17.1. The van der Waals surface area contributed by atoms with Gasteiger partial charge in [0.1, 0.15) is 17.2 Å². The van der Waals surface area contributed by atoms with Crippen molar-refractivity contribution in [1.29, 1.82) is 0 Å². The third kappa shape index (κ3) is 4.14. The van der Waals surface area contributed by atoms with Crippen LogP contribution >= 0.6 is 0 Å². The SMILES string of the molecule is O=C1CCCN1Cc1cn(C2CN(C(=O)c3ccc(Oc4ccccc4)cc3)C2)nn1. The molecule has 5 rings (SSSR count). The van der Waals surface area contributed by atoms with Gasteiger partial charge in [-0.3, -0.25) is 9.59 Å². The van der Waals surface area contributed by atoms with Crippen molar-refractivity contribution in [2.24, 2.45) is 0 Å². The number of rotatable bonds is 6. The molecule has 0 atom stereocenters. The van der Waals surface area contributed by atoms with Crippen LogP contribution in [0.3, 0.4) is 0 Å². The van der Waals surface area contributed by atoms with Crippen molar-refractivity contribution in [3.8, 4) is 11.5 Å². The molecule has 0 bridgehead atoms. The summed E-state index contributed by atoms with van der Waals surface area (Å²) in [6, 6.07) is 16.8. The highest BCUT2D eigenvalue weighted by Gasteiger charge is 2.33. The molecule has 3 aromatic rings. The molecule has 1 aromatic heterocycles. The van der Waals surface area contributed by atoms with E-state index in [4.69, 9.17) is 4.74 Å². The highest BCUT2D eigenvalue weighted by molar-refractivity contribution is 5.94. The Morgan fingerprint density at radius 3 is 2.48 bits per heavy atom. The van der Waals surface area contributed by atoms with Gasteiger partial charge >= 0.3 is 0 Å². The topological polar surface area (TPSA) is 80.6 Å². The number of carbonyl (C=O) groups excluding carboxylic acids is 2. The van der Waals surface area contributed by atoms with Crippen molar-refractivity contribution in [3.05, 3.63) is 72.1 Å². The molecule has 158 valence electrons. The van der Waals surface area contributed by atoms with E-state index in [0.717, 1.165) is 24.4 Å². The Labute approximate surface area is 180 Å². The van der Waals surface area contributed by atoms with Crippen LogP contribution in [0.25, 0.3) is 0 Å². The molecule has 2 fully saturated rings. The first kappa shape index (κ1) is 19.3. The van der Waals surface area contributed by atoms with E-state index in [0.29, 0.717) is 37.4 Å². The summed E-state index contributed by atoms with van der Waals surface area (Å²) >= 11 is 0. The second-order valence-corrected chi connectivity index (χ2v) is 7.91. The quantitative estimate of drug-likeness (QED) is 0.616. The molecular weight excluding hydrogens is 394 g/mol. The second kappa shape index (κ2) is 8.22. The third-order valence-electron chi connectivity index (χ3n) is 5.69. The average Bonchev–Trinajstić information content (AvgIpc) is 3.38. The first-order valence-corrected chi connectivity index (χ1v) is 10.5. The fourth-order valence-corrected chi connectivity index (χ4v) is 3.89. The fraction of sp³-hybridized carbons (Fsp3) is 0.304. The second-order valence-electron chi connectivity index (χ2n) is 7.91. The van der Waals surface area contributed by atoms with Gasteiger partial charge in [0.05, 0.1) is 18.8 Å². The van der Waals surface area contributed by atoms with Crippen LogP contribution in [-0.2, 0) is 11.3 Å². The standard InChI is InChI=1S/C23H23N5O3/c29-22-7-4-12-26(22)13-18-14-28(25-24-18)19-15-27(16-19)23(30)17-8-10-21(11-9-17)31-20-5-2-1-3-6-20/h1-3,5-6,8-11,14,19H,4,7,12-13,15-16H2. The van der Waals surface area contributed by atoms with Gasteiger partial charge in [0.25, 0.3) is 5.91 Å². The normalized spacial score (nSPS) is 16.5. The zero-order valence-corrected chi connectivity index (χ0v) is 17.1. The summed E-state index contributed by atoms with van der Waals surface area (Å²) in [5.74, 6) is 1.62. The molecule has 2 amide bonds. The Morgan fingerprint density at radius 1 is 1.03 bits per heavy atom. The van der Waals surface area contributed by atoms with Gasteiger partial charge in [0.2, 0.25) is 5.91 Å². The Kier molecular flexibility index (Phi) is 5.11. The number of carbonyl (C=O) groups is 2. The first-order chi connectivity index (χ1) is 15.2. The monoisotopic (exact) mass is 417 g/mol. The van der Waals surface area contributed by atoms with Gasteiger partial charge < -0.3 is 14.5 Å². The summed E-state index contributed by atoms with van der Waals surface area (Å²) in [4.78, 5) is 28.1. The Balaban J connectivity index is 1.14. The average molecular weight is 417 g/mol. The number of amides is 2. The van der Waals surface area contributed by atoms with Crippen LogP contribution in [0, 0.1) is 0 Å². The molecular formula is C23H23N5O3. The molecule has 0 unspecified atom stereocenters. The van der Waals surface area contributed by atoms with Crippen molar-refractivity contribution >= 4 is 11.8 Å². The Morgan fingerprint density at radius 2 is 1.77 bits per heavy atom. The first-order valence-electron chi connectivity index (χ1n) is 10.5. The van der Waals surface area contributed by atoms with Gasteiger partial charge in [-0.25, -0.2) is 4.68 Å². The Hall–Kier alpha value is -3.68. The van der Waals surface area contributed by atoms with E-state index in [2.05, 4.69) is 10.3 Å². The molecule has 8 nitrogen and oxygen atoms in total.